The molecule has 0 aliphatic heterocycles. The molecule has 1 unspecified atom stereocenters. The van der Waals surface area contributed by atoms with Crippen LogP contribution in [0.25, 0.3) is 0 Å². The van der Waals surface area contributed by atoms with Crippen LogP contribution in [0.15, 0.2) is 47.4 Å². The molecule has 1 N–H and O–H groups in total. The van der Waals surface area contributed by atoms with Crippen LogP contribution in [0, 0.1) is 13.8 Å². The van der Waals surface area contributed by atoms with Crippen molar-refractivity contribution in [2.75, 3.05) is 23.4 Å². The molecule has 2 aromatic rings. The van der Waals surface area contributed by atoms with Gasteiger partial charge in [0.2, 0.25) is 15.9 Å². The zero-order valence-corrected chi connectivity index (χ0v) is 19.5. The summed E-state index contributed by atoms with van der Waals surface area (Å²) in [5.74, 6) is -0.447. The Kier molecular flexibility index (Phi) is 7.31. The Morgan fingerprint density at radius 2 is 1.57 bits per heavy atom. The van der Waals surface area contributed by atoms with Crippen molar-refractivity contribution >= 4 is 31.5 Å². The minimum absolute atomic E-state index is 0.199. The van der Waals surface area contributed by atoms with E-state index in [-0.39, 0.29) is 17.5 Å². The van der Waals surface area contributed by atoms with E-state index in [1.165, 1.54) is 12.1 Å². The van der Waals surface area contributed by atoms with Crippen LogP contribution in [0.1, 0.15) is 36.1 Å². The molecule has 30 heavy (non-hydrogen) atoms. The maximum absolute atomic E-state index is 12.7. The van der Waals surface area contributed by atoms with Crippen molar-refractivity contribution in [3.8, 4) is 0 Å². The predicted octanol–water partition coefficient (Wildman–Crippen LogP) is 2.74. The first-order chi connectivity index (χ1) is 13.8. The van der Waals surface area contributed by atoms with Crippen LogP contribution in [0.2, 0.25) is 0 Å². The summed E-state index contributed by atoms with van der Waals surface area (Å²) in [6.45, 7) is 5.34. The van der Waals surface area contributed by atoms with Gasteiger partial charge in [-0.1, -0.05) is 25.1 Å². The molecule has 2 aromatic carbocycles. The summed E-state index contributed by atoms with van der Waals surface area (Å²) in [6.07, 6.45) is 2.76. The average molecular weight is 453 g/mol. The number of carbonyl (C=O) groups excluding carboxylic acids is 1. The molecule has 0 spiro atoms. The van der Waals surface area contributed by atoms with Gasteiger partial charge in [0.15, 0.2) is 9.84 Å². The molecule has 0 aromatic heterocycles. The molecule has 0 saturated heterocycles. The smallest absolute Gasteiger partial charge is 0.241 e. The Balaban J connectivity index is 2.21. The second-order valence-corrected chi connectivity index (χ2v) is 11.3. The number of hydrogen-bond acceptors (Lipinski definition) is 5. The van der Waals surface area contributed by atoms with Crippen molar-refractivity contribution in [3.05, 3.63) is 59.2 Å². The summed E-state index contributed by atoms with van der Waals surface area (Å²) in [5.41, 5.74) is 3.14. The Labute approximate surface area is 179 Å². The van der Waals surface area contributed by atoms with Gasteiger partial charge < -0.3 is 5.32 Å². The SMILES string of the molecule is CCC(NC(=O)CN(c1ccc(C)c(C)c1)S(C)(=O)=O)c1ccc(S(C)(=O)=O)cc1. The number of aryl methyl sites for hydroxylation is 2. The number of rotatable bonds is 8. The second kappa shape index (κ2) is 9.18. The topological polar surface area (TPSA) is 101 Å². The number of carbonyl (C=O) groups is 1. The van der Waals surface area contributed by atoms with Crippen molar-refractivity contribution in [1.29, 1.82) is 0 Å². The van der Waals surface area contributed by atoms with Gasteiger partial charge in [-0.15, -0.1) is 0 Å². The van der Waals surface area contributed by atoms with Crippen LogP contribution in [-0.4, -0.2) is 41.8 Å². The van der Waals surface area contributed by atoms with Gasteiger partial charge >= 0.3 is 0 Å². The molecular formula is C21H28N2O5S2. The zero-order valence-electron chi connectivity index (χ0n) is 17.8. The Bertz CT molecular complexity index is 1120. The lowest BCUT2D eigenvalue weighted by Gasteiger charge is -2.24. The molecule has 0 radical (unpaired) electrons. The fourth-order valence-corrected chi connectivity index (χ4v) is 4.50. The molecular weight excluding hydrogens is 424 g/mol. The Morgan fingerprint density at radius 1 is 0.967 bits per heavy atom. The highest BCUT2D eigenvalue weighted by Crippen LogP contribution is 2.22. The van der Waals surface area contributed by atoms with E-state index < -0.39 is 25.8 Å². The van der Waals surface area contributed by atoms with Crippen LogP contribution in [0.5, 0.6) is 0 Å². The normalized spacial score (nSPS) is 13.0. The van der Waals surface area contributed by atoms with Crippen molar-refractivity contribution in [2.24, 2.45) is 0 Å². The molecule has 0 aliphatic rings. The minimum atomic E-state index is -3.67. The summed E-state index contributed by atoms with van der Waals surface area (Å²) in [6, 6.07) is 11.2. The fourth-order valence-electron chi connectivity index (χ4n) is 3.02. The summed E-state index contributed by atoms with van der Waals surface area (Å²) >= 11 is 0. The molecule has 7 nitrogen and oxygen atoms in total. The molecule has 0 bridgehead atoms. The highest BCUT2D eigenvalue weighted by Gasteiger charge is 2.23. The first-order valence-corrected chi connectivity index (χ1v) is 13.2. The first-order valence-electron chi connectivity index (χ1n) is 9.47. The Hall–Kier alpha value is -2.39. The van der Waals surface area contributed by atoms with Crippen molar-refractivity contribution < 1.29 is 21.6 Å². The molecule has 2 rings (SSSR count). The lowest BCUT2D eigenvalue weighted by molar-refractivity contribution is -0.120. The maximum atomic E-state index is 12.7. The Morgan fingerprint density at radius 3 is 2.03 bits per heavy atom. The summed E-state index contributed by atoms with van der Waals surface area (Å²) < 4.78 is 48.9. The highest BCUT2D eigenvalue weighted by atomic mass is 32.2. The third-order valence-electron chi connectivity index (χ3n) is 4.92. The van der Waals surface area contributed by atoms with Crippen LogP contribution >= 0.6 is 0 Å². The van der Waals surface area contributed by atoms with E-state index in [0.29, 0.717) is 12.1 Å². The van der Waals surface area contributed by atoms with Gasteiger partial charge in [0.1, 0.15) is 6.54 Å². The number of sulfone groups is 1. The quantitative estimate of drug-likeness (QED) is 0.664. The average Bonchev–Trinajstić information content (AvgIpc) is 2.65. The van der Waals surface area contributed by atoms with Crippen LogP contribution in [0.4, 0.5) is 5.69 Å². The van der Waals surface area contributed by atoms with E-state index >= 15 is 0 Å². The number of nitrogens with one attached hydrogen (secondary N) is 1. The highest BCUT2D eigenvalue weighted by molar-refractivity contribution is 7.92. The number of nitrogens with zero attached hydrogens (tertiary/aromatic N) is 1. The summed E-state index contributed by atoms with van der Waals surface area (Å²) in [5, 5.41) is 2.85. The standard InChI is InChI=1S/C21H28N2O5S2/c1-6-20(17-8-11-19(12-9-17)29(4,25)26)22-21(24)14-23(30(5,27)28)18-10-7-15(2)16(3)13-18/h7-13,20H,6,14H2,1-5H3,(H,22,24). The van der Waals surface area contributed by atoms with Gasteiger partial charge in [-0.3, -0.25) is 9.10 Å². The molecule has 1 amide bonds. The first kappa shape index (κ1) is 23.9. The third kappa shape index (κ3) is 6.06. The minimum Gasteiger partial charge on any atom is -0.348 e. The van der Waals surface area contributed by atoms with Gasteiger partial charge in [0, 0.05) is 6.26 Å². The van der Waals surface area contributed by atoms with Crippen molar-refractivity contribution in [2.45, 2.75) is 38.1 Å². The van der Waals surface area contributed by atoms with Crippen molar-refractivity contribution in [1.82, 2.24) is 5.32 Å². The van der Waals surface area contributed by atoms with E-state index in [0.717, 1.165) is 33.5 Å². The molecule has 0 aliphatic carbocycles. The number of benzene rings is 2. The fraction of sp³-hybridized carbons (Fsp3) is 0.381. The number of sulfonamides is 1. The molecule has 0 heterocycles. The van der Waals surface area contributed by atoms with E-state index in [1.807, 2.05) is 26.8 Å². The number of hydrogen-bond donors (Lipinski definition) is 1. The molecule has 164 valence electrons. The largest absolute Gasteiger partial charge is 0.348 e. The van der Waals surface area contributed by atoms with Gasteiger partial charge in [-0.05, 0) is 61.2 Å². The van der Waals surface area contributed by atoms with Gasteiger partial charge in [-0.2, -0.15) is 0 Å². The van der Waals surface area contributed by atoms with E-state index in [9.17, 15) is 21.6 Å². The van der Waals surface area contributed by atoms with E-state index in [1.54, 1.807) is 24.3 Å². The summed E-state index contributed by atoms with van der Waals surface area (Å²) in [7, 11) is -6.97. The lowest BCUT2D eigenvalue weighted by atomic mass is 10.0. The van der Waals surface area contributed by atoms with Gasteiger partial charge in [0.25, 0.3) is 0 Å². The van der Waals surface area contributed by atoms with Crippen LogP contribution in [-0.2, 0) is 24.7 Å². The second-order valence-electron chi connectivity index (χ2n) is 7.41. The van der Waals surface area contributed by atoms with E-state index in [4.69, 9.17) is 0 Å². The monoisotopic (exact) mass is 452 g/mol. The van der Waals surface area contributed by atoms with Gasteiger partial charge in [0.05, 0.1) is 22.9 Å². The molecule has 9 heteroatoms. The summed E-state index contributed by atoms with van der Waals surface area (Å²) in [4.78, 5) is 12.9. The molecule has 0 saturated carbocycles. The van der Waals surface area contributed by atoms with Gasteiger partial charge in [-0.25, -0.2) is 16.8 Å². The van der Waals surface area contributed by atoms with Crippen LogP contribution in [0.3, 0.4) is 0 Å². The maximum Gasteiger partial charge on any atom is 0.241 e. The molecule has 0 fully saturated rings. The van der Waals surface area contributed by atoms with Crippen LogP contribution < -0.4 is 9.62 Å². The predicted molar refractivity (Wildman–Crippen MR) is 119 cm³/mol. The lowest BCUT2D eigenvalue weighted by Crippen LogP contribution is -2.41. The zero-order chi connectivity index (χ0) is 22.7. The van der Waals surface area contributed by atoms with Crippen molar-refractivity contribution in [3.63, 3.8) is 0 Å². The number of anilines is 1. The number of amides is 1. The van der Waals surface area contributed by atoms with E-state index in [2.05, 4.69) is 5.32 Å². The third-order valence-corrected chi connectivity index (χ3v) is 7.19. The molecule has 1 atom stereocenters.